The average molecular weight is 402 g/mol. The Hall–Kier alpha value is -2.28. The molecule has 0 spiro atoms. The molecule has 2 aliphatic heterocycles. The summed E-state index contributed by atoms with van der Waals surface area (Å²) in [6.45, 7) is 0. The molecule has 2 heterocycles. The maximum Gasteiger partial charge on any atom is 0.339 e. The van der Waals surface area contributed by atoms with Crippen LogP contribution in [-0.4, -0.2) is 33.8 Å². The zero-order valence-electron chi connectivity index (χ0n) is 15.8. The highest BCUT2D eigenvalue weighted by atomic mass is 32.2. The number of thioether (sulfide) groups is 1. The normalized spacial score (nSPS) is 26.1. The van der Waals surface area contributed by atoms with Gasteiger partial charge in [-0.2, -0.15) is 16.9 Å². The molecule has 4 atom stereocenters. The Bertz CT molecular complexity index is 723. The monoisotopic (exact) mass is 401 g/mol. The predicted molar refractivity (Wildman–Crippen MR) is 114 cm³/mol. The minimum absolute atomic E-state index is 0.223. The fourth-order valence-electron chi connectivity index (χ4n) is 3.93. The van der Waals surface area contributed by atoms with E-state index in [-0.39, 0.29) is 12.5 Å². The highest BCUT2D eigenvalue weighted by molar-refractivity contribution is 8.01. The highest BCUT2D eigenvalue weighted by Gasteiger charge is 2.46. The Morgan fingerprint density at radius 2 is 1.96 bits per heavy atom. The van der Waals surface area contributed by atoms with Gasteiger partial charge in [-0.05, 0) is 50.2 Å². The first-order valence-electron chi connectivity index (χ1n) is 9.81. The van der Waals surface area contributed by atoms with Crippen molar-refractivity contribution in [3.05, 3.63) is 42.5 Å². The molecular weight excluding hydrogens is 374 g/mol. The molecule has 1 aromatic carbocycles. The van der Waals surface area contributed by atoms with Crippen molar-refractivity contribution in [1.29, 1.82) is 0 Å². The molecule has 3 N–H and O–H groups in total. The van der Waals surface area contributed by atoms with E-state index in [1.54, 1.807) is 0 Å². The van der Waals surface area contributed by atoms with Gasteiger partial charge in [0.15, 0.2) is 0 Å². The predicted octanol–water partition coefficient (Wildman–Crippen LogP) is 4.51. The smallest absolute Gasteiger partial charge is 0.339 e. The number of anilines is 1. The number of carbonyl (C=O) groups is 2. The van der Waals surface area contributed by atoms with Gasteiger partial charge in [-0.15, -0.1) is 0 Å². The quantitative estimate of drug-likeness (QED) is 0.246. The van der Waals surface area contributed by atoms with E-state index in [0.717, 1.165) is 18.5 Å². The Morgan fingerprint density at radius 3 is 2.75 bits per heavy atom. The molecule has 2 amide bonds. The second-order valence-electron chi connectivity index (χ2n) is 7.23. The molecule has 0 aliphatic carbocycles. The van der Waals surface area contributed by atoms with Crippen LogP contribution in [-0.2, 0) is 4.79 Å². The first-order chi connectivity index (χ1) is 13.6. The number of carbonyl (C=O) groups excluding carboxylic acids is 1. The third-order valence-corrected chi connectivity index (χ3v) is 7.10. The van der Waals surface area contributed by atoms with E-state index in [2.05, 4.69) is 39.8 Å². The van der Waals surface area contributed by atoms with Gasteiger partial charge < -0.3 is 10.4 Å². The summed E-state index contributed by atoms with van der Waals surface area (Å²) in [7, 11) is 0. The molecule has 0 unspecified atom stereocenters. The zero-order chi connectivity index (χ0) is 19.8. The third-order valence-electron chi connectivity index (χ3n) is 5.27. The lowest BCUT2D eigenvalue weighted by atomic mass is 9.78. The van der Waals surface area contributed by atoms with Crippen LogP contribution >= 0.6 is 11.8 Å². The fourth-order valence-corrected chi connectivity index (χ4v) is 5.87. The van der Waals surface area contributed by atoms with Gasteiger partial charge >= 0.3 is 12.0 Å². The van der Waals surface area contributed by atoms with Crippen molar-refractivity contribution in [2.75, 3.05) is 5.32 Å². The first-order valence-corrected chi connectivity index (χ1v) is 10.8. The number of aliphatic carboxylic acids is 1. The standard InChI is InChI=1S/C21H27N3O3S/c25-20(26)11-7-2-1-6-10-16-17(19-13-12-18(16)28-19)14-22-24-21(27)23-15-8-4-3-5-9-15/h1,3-6,8-9,14,16-19H,2,7,10-13H2,(H,25,26)(H2,23,24,27)/t16-,17+,18-,19+/m0/s1. The number of carboxylic acids is 1. The summed E-state index contributed by atoms with van der Waals surface area (Å²) in [5.74, 6) is 0.157. The molecule has 0 radical (unpaired) electrons. The van der Waals surface area contributed by atoms with E-state index in [0.29, 0.717) is 28.8 Å². The van der Waals surface area contributed by atoms with Gasteiger partial charge in [0, 0.05) is 34.7 Å². The molecule has 150 valence electrons. The Morgan fingerprint density at radius 1 is 1.18 bits per heavy atom. The summed E-state index contributed by atoms with van der Waals surface area (Å²) in [5, 5.41) is 16.9. The number of rotatable bonds is 9. The molecule has 0 saturated carbocycles. The minimum atomic E-state index is -0.738. The number of allylic oxidation sites excluding steroid dienone is 2. The second kappa shape index (κ2) is 10.3. The highest BCUT2D eigenvalue weighted by Crippen LogP contribution is 2.53. The van der Waals surface area contributed by atoms with Crippen molar-refractivity contribution in [3.63, 3.8) is 0 Å². The van der Waals surface area contributed by atoms with Gasteiger partial charge in [0.1, 0.15) is 0 Å². The summed E-state index contributed by atoms with van der Waals surface area (Å²) in [5.41, 5.74) is 3.30. The number of para-hydroxylation sites is 1. The lowest BCUT2D eigenvalue weighted by Crippen LogP contribution is -2.30. The maximum absolute atomic E-state index is 12.0. The number of fused-ring (bicyclic) bond motifs is 2. The molecule has 2 saturated heterocycles. The largest absolute Gasteiger partial charge is 0.481 e. The SMILES string of the molecule is O=C(O)CCCC=CC[C@H]1[C@@H](C=NNC(=O)Nc2ccccc2)[C@H]2CC[C@@H]1S2. The number of nitrogens with one attached hydrogen (secondary N) is 2. The first kappa shape index (κ1) is 20.5. The average Bonchev–Trinajstić information content (AvgIpc) is 3.27. The lowest BCUT2D eigenvalue weighted by molar-refractivity contribution is -0.137. The topological polar surface area (TPSA) is 90.8 Å². The molecule has 6 nitrogen and oxygen atoms in total. The molecule has 1 aromatic rings. The Balaban J connectivity index is 1.46. The number of hydrogen-bond acceptors (Lipinski definition) is 4. The van der Waals surface area contributed by atoms with E-state index in [9.17, 15) is 9.59 Å². The van der Waals surface area contributed by atoms with Crippen LogP contribution in [0.3, 0.4) is 0 Å². The molecule has 28 heavy (non-hydrogen) atoms. The molecule has 7 heteroatoms. The van der Waals surface area contributed by atoms with Crippen LogP contribution in [0.15, 0.2) is 47.6 Å². The van der Waals surface area contributed by atoms with Crippen LogP contribution in [0.5, 0.6) is 0 Å². The van der Waals surface area contributed by atoms with Gasteiger partial charge in [-0.1, -0.05) is 30.4 Å². The number of hydrogen-bond donors (Lipinski definition) is 3. The summed E-state index contributed by atoms with van der Waals surface area (Å²) >= 11 is 2.05. The second-order valence-corrected chi connectivity index (χ2v) is 8.72. The fraction of sp³-hybridized carbons (Fsp3) is 0.476. The summed E-state index contributed by atoms with van der Waals surface area (Å²) in [6.07, 6.45) is 11.3. The molecular formula is C21H27N3O3S. The van der Waals surface area contributed by atoms with Gasteiger partial charge in [0.05, 0.1) is 0 Å². The van der Waals surface area contributed by atoms with Crippen LogP contribution in [0.2, 0.25) is 0 Å². The van der Waals surface area contributed by atoms with E-state index >= 15 is 0 Å². The van der Waals surface area contributed by atoms with Crippen LogP contribution < -0.4 is 10.7 Å². The van der Waals surface area contributed by atoms with Crippen molar-refractivity contribution < 1.29 is 14.7 Å². The van der Waals surface area contributed by atoms with Crippen LogP contribution in [0.1, 0.15) is 38.5 Å². The number of unbranched alkanes of at least 4 members (excludes halogenated alkanes) is 1. The summed E-state index contributed by atoms with van der Waals surface area (Å²) < 4.78 is 0. The van der Waals surface area contributed by atoms with E-state index in [1.165, 1.54) is 12.8 Å². The molecule has 2 aliphatic rings. The van der Waals surface area contributed by atoms with Crippen molar-refractivity contribution >= 4 is 35.7 Å². The lowest BCUT2D eigenvalue weighted by Gasteiger charge is -2.25. The van der Waals surface area contributed by atoms with Crippen molar-refractivity contribution in [1.82, 2.24) is 5.43 Å². The molecule has 2 bridgehead atoms. The third kappa shape index (κ3) is 5.86. The zero-order valence-corrected chi connectivity index (χ0v) is 16.6. The van der Waals surface area contributed by atoms with Gasteiger partial charge in [0.25, 0.3) is 0 Å². The van der Waals surface area contributed by atoms with E-state index < -0.39 is 5.97 Å². The van der Waals surface area contributed by atoms with Crippen LogP contribution in [0.4, 0.5) is 10.5 Å². The number of amides is 2. The van der Waals surface area contributed by atoms with Crippen LogP contribution in [0.25, 0.3) is 0 Å². The minimum Gasteiger partial charge on any atom is -0.481 e. The molecule has 2 fully saturated rings. The van der Waals surface area contributed by atoms with Crippen molar-refractivity contribution in [3.8, 4) is 0 Å². The number of carboxylic acid groups (broad SMARTS) is 1. The molecule has 0 aromatic heterocycles. The van der Waals surface area contributed by atoms with E-state index in [4.69, 9.17) is 5.11 Å². The summed E-state index contributed by atoms with van der Waals surface area (Å²) in [4.78, 5) is 22.5. The number of nitrogens with zero attached hydrogens (tertiary/aromatic N) is 1. The van der Waals surface area contributed by atoms with Crippen LogP contribution in [0, 0.1) is 11.8 Å². The Labute approximate surface area is 169 Å². The Kier molecular flexibility index (Phi) is 7.54. The van der Waals surface area contributed by atoms with Gasteiger partial charge in [-0.3, -0.25) is 4.79 Å². The van der Waals surface area contributed by atoms with Crippen molar-refractivity contribution in [2.24, 2.45) is 16.9 Å². The number of benzene rings is 1. The van der Waals surface area contributed by atoms with E-state index in [1.807, 2.05) is 36.5 Å². The van der Waals surface area contributed by atoms with Gasteiger partial charge in [-0.25, -0.2) is 10.2 Å². The summed E-state index contributed by atoms with van der Waals surface area (Å²) in [6, 6.07) is 8.95. The molecule has 3 rings (SSSR count). The number of urea groups is 1. The van der Waals surface area contributed by atoms with Gasteiger partial charge in [0.2, 0.25) is 0 Å². The maximum atomic E-state index is 12.0. The number of hydrazone groups is 1. The van der Waals surface area contributed by atoms with Crippen molar-refractivity contribution in [2.45, 2.75) is 49.0 Å².